The minimum Gasteiger partial charge on any atom is -0.497 e. The normalized spacial score (nSPS) is 12.1. The Hall–Kier alpha value is -1.24. The van der Waals surface area contributed by atoms with Gasteiger partial charge in [-0.05, 0) is 38.5 Å². The van der Waals surface area contributed by atoms with Gasteiger partial charge in [-0.2, -0.15) is 12.6 Å². The average molecular weight is 315 g/mol. The van der Waals surface area contributed by atoms with Crippen LogP contribution in [0.25, 0.3) is 0 Å². The van der Waals surface area contributed by atoms with Crippen molar-refractivity contribution in [1.29, 1.82) is 0 Å². The predicted octanol–water partition coefficient (Wildman–Crippen LogP) is 2.34. The summed E-state index contributed by atoms with van der Waals surface area (Å²) in [6.07, 6.45) is 0. The first-order chi connectivity index (χ1) is 9.69. The van der Waals surface area contributed by atoms with Crippen molar-refractivity contribution >= 4 is 18.6 Å². The Labute approximate surface area is 131 Å². The minimum atomic E-state index is -1.00. The van der Waals surface area contributed by atoms with Crippen LogP contribution < -0.4 is 10.5 Å². The summed E-state index contributed by atoms with van der Waals surface area (Å²) < 4.78 is 10.7. The first kappa shape index (κ1) is 19.8. The van der Waals surface area contributed by atoms with E-state index in [0.717, 1.165) is 5.75 Å². The van der Waals surface area contributed by atoms with Gasteiger partial charge in [-0.3, -0.25) is 4.79 Å². The number of rotatable bonds is 5. The molecule has 0 heterocycles. The Bertz CT molecular complexity index is 415. The van der Waals surface area contributed by atoms with Gasteiger partial charge in [0.2, 0.25) is 0 Å². The number of carboxylic acids is 1. The van der Waals surface area contributed by atoms with E-state index in [1.54, 1.807) is 7.11 Å². The highest BCUT2D eigenvalue weighted by Crippen LogP contribution is 2.15. The summed E-state index contributed by atoms with van der Waals surface area (Å²) in [7, 11) is 1.67. The highest BCUT2D eigenvalue weighted by atomic mass is 32.1. The zero-order valence-corrected chi connectivity index (χ0v) is 13.9. The quantitative estimate of drug-likeness (QED) is 0.727. The van der Waals surface area contributed by atoms with E-state index in [4.69, 9.17) is 20.3 Å². The lowest BCUT2D eigenvalue weighted by molar-refractivity contribution is -0.137. The molecule has 0 spiro atoms. The van der Waals surface area contributed by atoms with Gasteiger partial charge in [0, 0.05) is 5.75 Å². The Morgan fingerprint density at radius 1 is 1.33 bits per heavy atom. The van der Waals surface area contributed by atoms with Crippen molar-refractivity contribution < 1.29 is 19.4 Å². The molecule has 0 aliphatic heterocycles. The molecule has 0 aromatic heterocycles. The van der Waals surface area contributed by atoms with Gasteiger partial charge < -0.3 is 20.3 Å². The Balaban J connectivity index is 0.000000486. The van der Waals surface area contributed by atoms with E-state index in [-0.39, 0.29) is 11.4 Å². The molecule has 21 heavy (non-hydrogen) atoms. The van der Waals surface area contributed by atoms with Crippen molar-refractivity contribution in [2.45, 2.75) is 39.0 Å². The van der Waals surface area contributed by atoms with Gasteiger partial charge >= 0.3 is 5.97 Å². The molecule has 6 heteroatoms. The van der Waals surface area contributed by atoms with Crippen LogP contribution in [0.4, 0.5) is 0 Å². The number of hydrogen-bond acceptors (Lipinski definition) is 5. The van der Waals surface area contributed by atoms with E-state index in [2.05, 4.69) is 33.4 Å². The molecule has 0 aliphatic rings. The fraction of sp³-hybridized carbons (Fsp3) is 0.533. The highest BCUT2D eigenvalue weighted by molar-refractivity contribution is 7.80. The number of methoxy groups -OCH3 is 1. The van der Waals surface area contributed by atoms with E-state index in [9.17, 15) is 4.79 Å². The second kappa shape index (κ2) is 9.65. The number of thiol groups is 1. The van der Waals surface area contributed by atoms with Gasteiger partial charge in [-0.25, -0.2) is 0 Å². The zero-order chi connectivity index (χ0) is 16.5. The molecule has 0 amide bonds. The molecule has 3 N–H and O–H groups in total. The summed E-state index contributed by atoms with van der Waals surface area (Å²) in [5, 5.41) is 8.01. The minimum absolute atomic E-state index is 0.0834. The Morgan fingerprint density at radius 2 is 1.86 bits per heavy atom. The lowest BCUT2D eigenvalue weighted by Gasteiger charge is -2.19. The fourth-order valence-corrected chi connectivity index (χ4v) is 1.26. The largest absolute Gasteiger partial charge is 0.497 e. The molecule has 1 atom stereocenters. The monoisotopic (exact) mass is 315 g/mol. The summed E-state index contributed by atoms with van der Waals surface area (Å²) in [5.41, 5.74) is 6.02. The molecule has 1 rings (SSSR count). The molecule has 0 radical (unpaired) electrons. The topological polar surface area (TPSA) is 81.8 Å². The van der Waals surface area contributed by atoms with Gasteiger partial charge in [0.1, 0.15) is 11.8 Å². The van der Waals surface area contributed by atoms with Crippen molar-refractivity contribution in [3.8, 4) is 5.75 Å². The first-order valence-corrected chi connectivity index (χ1v) is 7.19. The molecule has 0 saturated carbocycles. The molecule has 0 aliphatic carbocycles. The smallest absolute Gasteiger partial charge is 0.321 e. The average Bonchev–Trinajstić information content (AvgIpc) is 2.44. The van der Waals surface area contributed by atoms with Crippen molar-refractivity contribution in [2.75, 3.05) is 12.9 Å². The van der Waals surface area contributed by atoms with Crippen LogP contribution in [-0.2, 0) is 16.1 Å². The maximum Gasteiger partial charge on any atom is 0.321 e. The third kappa shape index (κ3) is 10.2. The summed E-state index contributed by atoms with van der Waals surface area (Å²) in [6.45, 7) is 6.80. The van der Waals surface area contributed by atoms with Crippen LogP contribution >= 0.6 is 12.6 Å². The van der Waals surface area contributed by atoms with Crippen LogP contribution in [0.5, 0.6) is 5.75 Å². The molecule has 0 fully saturated rings. The number of hydrogen-bond donors (Lipinski definition) is 3. The van der Waals surface area contributed by atoms with Crippen molar-refractivity contribution in [3.05, 3.63) is 29.8 Å². The van der Waals surface area contributed by atoms with E-state index < -0.39 is 12.0 Å². The number of carboxylic acid groups (broad SMARTS) is 1. The first-order valence-electron chi connectivity index (χ1n) is 6.55. The molecule has 1 aromatic rings. The van der Waals surface area contributed by atoms with Crippen LogP contribution in [0, 0.1) is 0 Å². The number of nitrogens with two attached hydrogens (primary N) is 1. The lowest BCUT2D eigenvalue weighted by Crippen LogP contribution is -2.31. The Kier molecular flexibility index (Phi) is 9.08. The van der Waals surface area contributed by atoms with Crippen LogP contribution in [0.1, 0.15) is 26.3 Å². The number of carbonyl (C=O) groups is 1. The molecule has 0 bridgehead atoms. The summed E-state index contributed by atoms with van der Waals surface area (Å²) >= 11 is 3.65. The van der Waals surface area contributed by atoms with Gasteiger partial charge in [0.05, 0.1) is 19.3 Å². The predicted molar refractivity (Wildman–Crippen MR) is 87.0 cm³/mol. The van der Waals surface area contributed by atoms with E-state index in [1.807, 2.05) is 24.3 Å². The van der Waals surface area contributed by atoms with Crippen LogP contribution in [0.2, 0.25) is 0 Å². The summed E-state index contributed by atoms with van der Waals surface area (Å²) in [4.78, 5) is 9.76. The maximum atomic E-state index is 9.76. The number of ether oxygens (including phenoxy) is 2. The van der Waals surface area contributed by atoms with Crippen LogP contribution in [-0.4, -0.2) is 35.6 Å². The molecular formula is C15H25NO4S. The third-order valence-corrected chi connectivity index (χ3v) is 2.74. The van der Waals surface area contributed by atoms with Crippen molar-refractivity contribution in [1.82, 2.24) is 0 Å². The summed E-state index contributed by atoms with van der Waals surface area (Å²) in [6, 6.07) is 7.11. The summed E-state index contributed by atoms with van der Waals surface area (Å²) in [5.74, 6) is 0.0644. The zero-order valence-electron chi connectivity index (χ0n) is 13.0. The molecule has 1 aromatic carbocycles. The van der Waals surface area contributed by atoms with Crippen molar-refractivity contribution in [2.24, 2.45) is 5.73 Å². The van der Waals surface area contributed by atoms with Gasteiger partial charge in [-0.15, -0.1) is 0 Å². The SMILES string of the molecule is COc1ccc(COC(C)(C)C)cc1.NC(CS)C(=O)O. The Morgan fingerprint density at radius 3 is 2.14 bits per heavy atom. The molecular weight excluding hydrogens is 290 g/mol. The highest BCUT2D eigenvalue weighted by Gasteiger charge is 2.09. The molecule has 1 unspecified atom stereocenters. The lowest BCUT2D eigenvalue weighted by atomic mass is 10.2. The van der Waals surface area contributed by atoms with Gasteiger partial charge in [0.25, 0.3) is 0 Å². The second-order valence-corrected chi connectivity index (χ2v) is 5.74. The van der Waals surface area contributed by atoms with E-state index in [0.29, 0.717) is 6.61 Å². The maximum absolute atomic E-state index is 9.76. The van der Waals surface area contributed by atoms with Crippen molar-refractivity contribution in [3.63, 3.8) is 0 Å². The second-order valence-electron chi connectivity index (χ2n) is 5.38. The standard InChI is InChI=1S/C12H18O2.C3H7NO2S/c1-12(2,3)14-9-10-5-7-11(13-4)8-6-10;4-2(1-7)3(5)6/h5-8H,9H2,1-4H3;2,7H,1,4H2,(H,5,6). The van der Waals surface area contributed by atoms with E-state index >= 15 is 0 Å². The number of benzene rings is 1. The number of aliphatic carboxylic acids is 1. The van der Waals surface area contributed by atoms with Gasteiger partial charge in [0.15, 0.2) is 0 Å². The fourth-order valence-electron chi connectivity index (χ4n) is 1.10. The van der Waals surface area contributed by atoms with E-state index in [1.165, 1.54) is 5.56 Å². The van der Waals surface area contributed by atoms with Crippen LogP contribution in [0.3, 0.4) is 0 Å². The van der Waals surface area contributed by atoms with Gasteiger partial charge in [-0.1, -0.05) is 12.1 Å². The molecule has 0 saturated heterocycles. The third-order valence-electron chi connectivity index (χ3n) is 2.34. The molecule has 120 valence electrons. The molecule has 5 nitrogen and oxygen atoms in total. The van der Waals surface area contributed by atoms with Crippen LogP contribution in [0.15, 0.2) is 24.3 Å².